The minimum absolute atomic E-state index is 0.159. The number of phenols is 1. The van der Waals surface area contributed by atoms with Crippen LogP contribution < -0.4 is 5.43 Å². The van der Waals surface area contributed by atoms with Crippen LogP contribution in [0.1, 0.15) is 15.9 Å². The lowest BCUT2D eigenvalue weighted by Crippen LogP contribution is -1.98. The van der Waals surface area contributed by atoms with Gasteiger partial charge < -0.3 is 10.2 Å². The van der Waals surface area contributed by atoms with E-state index in [1.807, 2.05) is 12.1 Å². The van der Waals surface area contributed by atoms with Crippen molar-refractivity contribution in [2.75, 3.05) is 5.43 Å². The summed E-state index contributed by atoms with van der Waals surface area (Å²) in [5.74, 6) is -0.829. The molecule has 0 atom stereocenters. The van der Waals surface area contributed by atoms with Gasteiger partial charge in [0, 0.05) is 22.3 Å². The Kier molecular flexibility index (Phi) is 5.68. The van der Waals surface area contributed by atoms with Gasteiger partial charge in [0.05, 0.1) is 23.2 Å². The normalized spacial score (nSPS) is 11.0. The lowest BCUT2D eigenvalue weighted by molar-refractivity contribution is 0.0697. The molecular weight excluding hydrogens is 416 g/mol. The van der Waals surface area contributed by atoms with E-state index in [9.17, 15) is 9.90 Å². The van der Waals surface area contributed by atoms with Crippen LogP contribution in [-0.4, -0.2) is 32.2 Å². The first kappa shape index (κ1) is 20.2. The fourth-order valence-corrected chi connectivity index (χ4v) is 3.04. The molecule has 1 aromatic heterocycles. The number of anilines is 1. The van der Waals surface area contributed by atoms with Crippen molar-refractivity contribution in [1.82, 2.24) is 9.78 Å². The Bertz CT molecular complexity index is 1230. The summed E-state index contributed by atoms with van der Waals surface area (Å²) >= 11 is 5.90. The minimum Gasteiger partial charge on any atom is -0.508 e. The number of rotatable bonds is 6. The number of hydrazone groups is 1. The highest BCUT2D eigenvalue weighted by molar-refractivity contribution is 6.30. The lowest BCUT2D eigenvalue weighted by atomic mass is 10.1. The van der Waals surface area contributed by atoms with Crippen LogP contribution >= 0.6 is 11.6 Å². The van der Waals surface area contributed by atoms with Crippen LogP contribution in [0, 0.1) is 0 Å². The second-order valence-corrected chi connectivity index (χ2v) is 7.09. The predicted octanol–water partition coefficient (Wildman–Crippen LogP) is 5.04. The van der Waals surface area contributed by atoms with Gasteiger partial charge in [-0.05, 0) is 72.8 Å². The summed E-state index contributed by atoms with van der Waals surface area (Å²) in [7, 11) is 0. The van der Waals surface area contributed by atoms with E-state index in [0.717, 1.165) is 16.8 Å². The van der Waals surface area contributed by atoms with Crippen LogP contribution in [0.25, 0.3) is 16.9 Å². The van der Waals surface area contributed by atoms with Gasteiger partial charge in [0.2, 0.25) is 0 Å². The first-order valence-electron chi connectivity index (χ1n) is 9.27. The fraction of sp³-hybridized carbons (Fsp3) is 0. The van der Waals surface area contributed by atoms with Crippen LogP contribution in [0.15, 0.2) is 84.1 Å². The van der Waals surface area contributed by atoms with E-state index < -0.39 is 5.97 Å². The average Bonchev–Trinajstić information content (AvgIpc) is 3.20. The predicted molar refractivity (Wildman–Crippen MR) is 120 cm³/mol. The highest BCUT2D eigenvalue weighted by atomic mass is 35.5. The largest absolute Gasteiger partial charge is 0.508 e. The maximum Gasteiger partial charge on any atom is 0.335 e. The molecule has 8 heteroatoms. The summed E-state index contributed by atoms with van der Waals surface area (Å²) in [5, 5.41) is 28.3. The Balaban J connectivity index is 1.67. The van der Waals surface area contributed by atoms with E-state index in [1.165, 1.54) is 12.1 Å². The highest BCUT2D eigenvalue weighted by Crippen LogP contribution is 2.25. The molecule has 0 saturated heterocycles. The van der Waals surface area contributed by atoms with Crippen molar-refractivity contribution < 1.29 is 15.0 Å². The number of phenolic OH excluding ortho intramolecular Hbond substituents is 1. The van der Waals surface area contributed by atoms with Crippen LogP contribution in [0.4, 0.5) is 5.69 Å². The number of aromatic carboxylic acids is 1. The number of aromatic hydroxyl groups is 1. The van der Waals surface area contributed by atoms with Crippen molar-refractivity contribution in [2.24, 2.45) is 5.10 Å². The molecule has 0 amide bonds. The fourth-order valence-electron chi connectivity index (χ4n) is 2.92. The van der Waals surface area contributed by atoms with Crippen LogP contribution in [0.3, 0.4) is 0 Å². The molecule has 154 valence electrons. The van der Waals surface area contributed by atoms with Gasteiger partial charge in [-0.15, -0.1) is 0 Å². The number of halogens is 1. The Morgan fingerprint density at radius 2 is 1.68 bits per heavy atom. The van der Waals surface area contributed by atoms with Crippen molar-refractivity contribution in [3.63, 3.8) is 0 Å². The summed E-state index contributed by atoms with van der Waals surface area (Å²) < 4.78 is 1.65. The smallest absolute Gasteiger partial charge is 0.335 e. The van der Waals surface area contributed by atoms with Crippen molar-refractivity contribution in [3.05, 3.63) is 95.1 Å². The molecule has 0 aliphatic rings. The zero-order valence-electron chi connectivity index (χ0n) is 16.1. The molecule has 0 aliphatic carbocycles. The molecule has 7 nitrogen and oxygen atoms in total. The van der Waals surface area contributed by atoms with Gasteiger partial charge in [-0.25, -0.2) is 9.48 Å². The van der Waals surface area contributed by atoms with Gasteiger partial charge in [-0.3, -0.25) is 5.43 Å². The van der Waals surface area contributed by atoms with Crippen LogP contribution in [-0.2, 0) is 0 Å². The monoisotopic (exact) mass is 432 g/mol. The second-order valence-electron chi connectivity index (χ2n) is 6.65. The quantitative estimate of drug-likeness (QED) is 0.292. The van der Waals surface area contributed by atoms with E-state index in [0.29, 0.717) is 16.4 Å². The third-order valence-electron chi connectivity index (χ3n) is 4.50. The third kappa shape index (κ3) is 4.73. The number of carbonyl (C=O) groups is 1. The Hall–Kier alpha value is -4.10. The molecule has 4 rings (SSSR count). The number of benzene rings is 3. The number of hydrogen-bond acceptors (Lipinski definition) is 5. The third-order valence-corrected chi connectivity index (χ3v) is 4.76. The van der Waals surface area contributed by atoms with Crippen molar-refractivity contribution in [2.45, 2.75) is 0 Å². The molecule has 0 aliphatic heterocycles. The van der Waals surface area contributed by atoms with Gasteiger partial charge >= 0.3 is 5.97 Å². The maximum atomic E-state index is 11.1. The van der Waals surface area contributed by atoms with E-state index in [1.54, 1.807) is 65.6 Å². The van der Waals surface area contributed by atoms with Gasteiger partial charge in [0.1, 0.15) is 11.4 Å². The topological polar surface area (TPSA) is 99.7 Å². The van der Waals surface area contributed by atoms with E-state index in [-0.39, 0.29) is 11.3 Å². The van der Waals surface area contributed by atoms with Crippen molar-refractivity contribution >= 4 is 29.5 Å². The number of carboxylic acid groups (broad SMARTS) is 1. The Morgan fingerprint density at radius 1 is 1.00 bits per heavy atom. The molecule has 1 heterocycles. The SMILES string of the molecule is O=C(O)c1ccc(-n2cc(/C=N/Nc3ccc(Cl)cc3)c(-c3ccc(O)cc3)n2)cc1. The molecule has 0 bridgehead atoms. The Morgan fingerprint density at radius 3 is 2.32 bits per heavy atom. The number of aromatic nitrogens is 2. The second kappa shape index (κ2) is 8.73. The molecular formula is C23H17ClN4O3. The standard InChI is InChI=1S/C23H17ClN4O3/c24-18-5-7-19(8-6-18)26-25-13-17-14-28(20-9-1-16(2-10-20)23(30)31)27-22(17)15-3-11-21(29)12-4-15/h1-14,26,29H,(H,30,31)/b25-13+. The van der Waals surface area contributed by atoms with Gasteiger partial charge in [0.25, 0.3) is 0 Å². The number of hydrogen-bond donors (Lipinski definition) is 3. The van der Waals surface area contributed by atoms with Gasteiger partial charge in [0.15, 0.2) is 0 Å². The number of nitrogens with one attached hydrogen (secondary N) is 1. The number of carboxylic acids is 1. The maximum absolute atomic E-state index is 11.1. The molecule has 0 spiro atoms. The van der Waals surface area contributed by atoms with Crippen molar-refractivity contribution in [3.8, 4) is 22.7 Å². The van der Waals surface area contributed by atoms with Gasteiger partial charge in [-0.1, -0.05) is 11.6 Å². The van der Waals surface area contributed by atoms with E-state index in [4.69, 9.17) is 16.7 Å². The lowest BCUT2D eigenvalue weighted by Gasteiger charge is -2.02. The summed E-state index contributed by atoms with van der Waals surface area (Å²) in [6.07, 6.45) is 3.44. The highest BCUT2D eigenvalue weighted by Gasteiger charge is 2.12. The van der Waals surface area contributed by atoms with E-state index >= 15 is 0 Å². The summed E-state index contributed by atoms with van der Waals surface area (Å²) in [6.45, 7) is 0. The molecule has 3 aromatic carbocycles. The van der Waals surface area contributed by atoms with Crippen LogP contribution in [0.5, 0.6) is 5.75 Å². The summed E-state index contributed by atoms with van der Waals surface area (Å²) in [4.78, 5) is 11.1. The zero-order valence-corrected chi connectivity index (χ0v) is 16.9. The summed E-state index contributed by atoms with van der Waals surface area (Å²) in [6, 6.07) is 20.3. The molecule has 0 radical (unpaired) electrons. The number of nitrogens with zero attached hydrogens (tertiary/aromatic N) is 3. The van der Waals surface area contributed by atoms with Crippen molar-refractivity contribution in [1.29, 1.82) is 0 Å². The zero-order chi connectivity index (χ0) is 21.8. The molecule has 0 unspecified atom stereocenters. The molecule has 0 fully saturated rings. The molecule has 4 aromatic rings. The molecule has 31 heavy (non-hydrogen) atoms. The first-order valence-corrected chi connectivity index (χ1v) is 9.65. The Labute approximate surface area is 182 Å². The average molecular weight is 433 g/mol. The summed E-state index contributed by atoms with van der Waals surface area (Å²) in [5.41, 5.74) is 6.81. The molecule has 3 N–H and O–H groups in total. The molecule has 0 saturated carbocycles. The van der Waals surface area contributed by atoms with Crippen LogP contribution in [0.2, 0.25) is 5.02 Å². The first-order chi connectivity index (χ1) is 15.0. The van der Waals surface area contributed by atoms with Gasteiger partial charge in [-0.2, -0.15) is 10.2 Å². The van der Waals surface area contributed by atoms with E-state index in [2.05, 4.69) is 15.6 Å². The minimum atomic E-state index is -0.988.